The lowest BCUT2D eigenvalue weighted by Gasteiger charge is -2.45. The highest BCUT2D eigenvalue weighted by Crippen LogP contribution is 2.34. The van der Waals surface area contributed by atoms with Gasteiger partial charge in [0.15, 0.2) is 0 Å². The fraction of sp³-hybridized carbons (Fsp3) is 0.429. The molecule has 0 bridgehead atoms. The summed E-state index contributed by atoms with van der Waals surface area (Å²) in [6, 6.07) is 13.5. The zero-order valence-corrected chi connectivity index (χ0v) is 20.1. The third-order valence-electron chi connectivity index (χ3n) is 7.46. The fourth-order valence-electron chi connectivity index (χ4n) is 5.37. The second kappa shape index (κ2) is 9.72. The second-order valence-corrected chi connectivity index (χ2v) is 9.97. The van der Waals surface area contributed by atoms with Crippen LogP contribution >= 0.6 is 0 Å². The standard InChI is InChI=1S/C28H32FN3O3/c1-28(27(34)30-22-8-5-3-2-4-6-9-22)19-31-23(25-10-7-17-35-25)15-16-24(31)26(33)32(28)18-20-11-13-21(29)14-12-20/h7,10-17,22H,2-6,8-9,18-19H2,1H3,(H,30,34). The van der Waals surface area contributed by atoms with Crippen LogP contribution in [0.3, 0.4) is 0 Å². The molecule has 1 aliphatic heterocycles. The lowest BCUT2D eigenvalue weighted by atomic mass is 9.91. The molecule has 0 spiro atoms. The molecule has 1 aliphatic carbocycles. The van der Waals surface area contributed by atoms with Gasteiger partial charge in [-0.25, -0.2) is 4.39 Å². The maximum absolute atomic E-state index is 13.9. The van der Waals surface area contributed by atoms with Crippen LogP contribution < -0.4 is 5.32 Å². The second-order valence-electron chi connectivity index (χ2n) is 9.97. The maximum atomic E-state index is 13.9. The SMILES string of the molecule is CC1(C(=O)NC2CCCCCCC2)Cn2c(ccc2-c2ccco2)C(=O)N1Cc1ccc(F)cc1. The Morgan fingerprint density at radius 2 is 1.71 bits per heavy atom. The molecule has 3 heterocycles. The van der Waals surface area contributed by atoms with Crippen LogP contribution in [0, 0.1) is 5.82 Å². The molecule has 7 heteroatoms. The maximum Gasteiger partial charge on any atom is 0.271 e. The van der Waals surface area contributed by atoms with Crippen molar-refractivity contribution in [2.75, 3.05) is 0 Å². The van der Waals surface area contributed by atoms with Crippen LogP contribution in [0.15, 0.2) is 59.2 Å². The first-order valence-electron chi connectivity index (χ1n) is 12.6. The van der Waals surface area contributed by atoms with Gasteiger partial charge >= 0.3 is 0 Å². The summed E-state index contributed by atoms with van der Waals surface area (Å²) >= 11 is 0. The highest BCUT2D eigenvalue weighted by molar-refractivity contribution is 6.00. The summed E-state index contributed by atoms with van der Waals surface area (Å²) in [7, 11) is 0. The largest absolute Gasteiger partial charge is 0.463 e. The molecule has 5 rings (SSSR count). The molecule has 35 heavy (non-hydrogen) atoms. The van der Waals surface area contributed by atoms with Gasteiger partial charge in [0.1, 0.15) is 22.8 Å². The third-order valence-corrected chi connectivity index (χ3v) is 7.46. The average molecular weight is 478 g/mol. The van der Waals surface area contributed by atoms with E-state index < -0.39 is 5.54 Å². The number of halogens is 1. The topological polar surface area (TPSA) is 67.5 Å². The van der Waals surface area contributed by atoms with Crippen LogP contribution in [0.2, 0.25) is 0 Å². The monoisotopic (exact) mass is 477 g/mol. The molecule has 2 aliphatic rings. The normalized spacial score (nSPS) is 21.3. The van der Waals surface area contributed by atoms with E-state index in [0.29, 0.717) is 18.0 Å². The molecule has 1 N–H and O–H groups in total. The van der Waals surface area contributed by atoms with Gasteiger partial charge < -0.3 is 19.2 Å². The number of furan rings is 1. The van der Waals surface area contributed by atoms with Gasteiger partial charge in [-0.15, -0.1) is 0 Å². The van der Waals surface area contributed by atoms with E-state index in [0.717, 1.165) is 36.9 Å². The average Bonchev–Trinajstić information content (AvgIpc) is 3.49. The molecule has 1 atom stereocenters. The van der Waals surface area contributed by atoms with Gasteiger partial charge in [0.25, 0.3) is 5.91 Å². The summed E-state index contributed by atoms with van der Waals surface area (Å²) in [5.74, 6) is -0.0590. The molecular weight excluding hydrogens is 445 g/mol. The first kappa shape index (κ1) is 23.4. The van der Waals surface area contributed by atoms with Crippen molar-refractivity contribution in [2.45, 2.75) is 76.5 Å². The van der Waals surface area contributed by atoms with Gasteiger partial charge in [0, 0.05) is 12.6 Å². The van der Waals surface area contributed by atoms with Crippen molar-refractivity contribution >= 4 is 11.8 Å². The summed E-state index contributed by atoms with van der Waals surface area (Å²) in [5, 5.41) is 3.29. The van der Waals surface area contributed by atoms with Crippen molar-refractivity contribution < 1.29 is 18.4 Å². The van der Waals surface area contributed by atoms with E-state index in [1.54, 1.807) is 35.4 Å². The molecule has 3 aromatic rings. The molecular formula is C28H32FN3O3. The van der Waals surface area contributed by atoms with E-state index >= 15 is 0 Å². The van der Waals surface area contributed by atoms with Gasteiger partial charge in [0.05, 0.1) is 18.5 Å². The Labute approximate surface area is 205 Å². The minimum atomic E-state index is -1.12. The Balaban J connectivity index is 1.49. The number of nitrogens with one attached hydrogen (secondary N) is 1. The van der Waals surface area contributed by atoms with Gasteiger partial charge in [-0.2, -0.15) is 0 Å². The Morgan fingerprint density at radius 1 is 1.03 bits per heavy atom. The van der Waals surface area contributed by atoms with E-state index in [-0.39, 0.29) is 30.2 Å². The van der Waals surface area contributed by atoms with Gasteiger partial charge in [-0.3, -0.25) is 9.59 Å². The number of benzene rings is 1. The number of rotatable bonds is 5. The predicted molar refractivity (Wildman–Crippen MR) is 131 cm³/mol. The van der Waals surface area contributed by atoms with E-state index in [4.69, 9.17) is 4.42 Å². The molecule has 1 aromatic carbocycles. The van der Waals surface area contributed by atoms with E-state index in [1.807, 2.05) is 23.6 Å². The molecule has 1 saturated carbocycles. The number of aromatic nitrogens is 1. The van der Waals surface area contributed by atoms with Crippen molar-refractivity contribution in [3.63, 3.8) is 0 Å². The third kappa shape index (κ3) is 4.64. The molecule has 2 aromatic heterocycles. The van der Waals surface area contributed by atoms with Crippen LogP contribution in [0.1, 0.15) is 67.9 Å². The number of hydrogen-bond acceptors (Lipinski definition) is 3. The zero-order valence-electron chi connectivity index (χ0n) is 20.1. The molecule has 0 saturated heterocycles. The first-order valence-corrected chi connectivity index (χ1v) is 12.6. The lowest BCUT2D eigenvalue weighted by Crippen LogP contribution is -2.64. The number of nitrogens with zero attached hydrogens (tertiary/aromatic N) is 2. The Morgan fingerprint density at radius 3 is 2.40 bits per heavy atom. The van der Waals surface area contributed by atoms with Gasteiger partial charge in [-0.1, -0.05) is 44.2 Å². The van der Waals surface area contributed by atoms with E-state index in [1.165, 1.54) is 31.4 Å². The molecule has 2 amide bonds. The Hall–Kier alpha value is -3.35. The van der Waals surface area contributed by atoms with Crippen molar-refractivity contribution in [3.05, 3.63) is 71.9 Å². The number of amides is 2. The summed E-state index contributed by atoms with van der Waals surface area (Å²) in [6.45, 7) is 2.35. The molecule has 6 nitrogen and oxygen atoms in total. The molecule has 1 fully saturated rings. The van der Waals surface area contributed by atoms with Crippen LogP contribution in [-0.4, -0.2) is 32.9 Å². The van der Waals surface area contributed by atoms with Crippen molar-refractivity contribution in [3.8, 4) is 11.5 Å². The molecule has 0 radical (unpaired) electrons. The summed E-state index contributed by atoms with van der Waals surface area (Å²) in [4.78, 5) is 29.4. The summed E-state index contributed by atoms with van der Waals surface area (Å²) in [5.41, 5.74) is 0.928. The van der Waals surface area contributed by atoms with Crippen LogP contribution in [0.5, 0.6) is 0 Å². The summed E-state index contributed by atoms with van der Waals surface area (Å²) < 4.78 is 21.0. The zero-order chi connectivity index (χ0) is 24.4. The number of carbonyl (C=O) groups is 2. The predicted octanol–water partition coefficient (Wildman–Crippen LogP) is 5.53. The van der Waals surface area contributed by atoms with Crippen molar-refractivity contribution in [1.82, 2.24) is 14.8 Å². The van der Waals surface area contributed by atoms with Crippen LogP contribution in [0.4, 0.5) is 4.39 Å². The Bertz CT molecular complexity index is 1180. The van der Waals surface area contributed by atoms with Crippen molar-refractivity contribution in [2.24, 2.45) is 0 Å². The molecule has 1 unspecified atom stereocenters. The highest BCUT2D eigenvalue weighted by Gasteiger charge is 2.48. The first-order chi connectivity index (χ1) is 17.0. The van der Waals surface area contributed by atoms with Gasteiger partial charge in [0.2, 0.25) is 5.91 Å². The lowest BCUT2D eigenvalue weighted by molar-refractivity contribution is -0.134. The number of carbonyl (C=O) groups excluding carboxylic acids is 2. The minimum absolute atomic E-state index is 0.109. The fourth-order valence-corrected chi connectivity index (χ4v) is 5.37. The van der Waals surface area contributed by atoms with Gasteiger partial charge in [-0.05, 0) is 61.7 Å². The minimum Gasteiger partial charge on any atom is -0.463 e. The molecule has 184 valence electrons. The quantitative estimate of drug-likeness (QED) is 0.525. The summed E-state index contributed by atoms with van der Waals surface area (Å²) in [6.07, 6.45) is 9.36. The van der Waals surface area contributed by atoms with E-state index in [9.17, 15) is 14.0 Å². The van der Waals surface area contributed by atoms with Crippen LogP contribution in [-0.2, 0) is 17.9 Å². The number of hydrogen-bond donors (Lipinski definition) is 1. The Kier molecular flexibility index (Phi) is 6.50. The van der Waals surface area contributed by atoms with Crippen molar-refractivity contribution in [1.29, 1.82) is 0 Å². The number of fused-ring (bicyclic) bond motifs is 1. The van der Waals surface area contributed by atoms with Crippen LogP contribution in [0.25, 0.3) is 11.5 Å². The van der Waals surface area contributed by atoms with E-state index in [2.05, 4.69) is 5.32 Å². The smallest absolute Gasteiger partial charge is 0.271 e. The highest BCUT2D eigenvalue weighted by atomic mass is 19.1.